The summed E-state index contributed by atoms with van der Waals surface area (Å²) < 4.78 is 55.5. The lowest BCUT2D eigenvalue weighted by Crippen LogP contribution is -2.28. The van der Waals surface area contributed by atoms with Crippen LogP contribution in [0.1, 0.15) is 46.5 Å². The summed E-state index contributed by atoms with van der Waals surface area (Å²) in [5.41, 5.74) is 1.17. The van der Waals surface area contributed by atoms with Crippen molar-refractivity contribution in [3.05, 3.63) is 22.1 Å². The first-order valence-corrected chi connectivity index (χ1v) is 12.7. The number of carbonyl (C=O) groups is 2. The first kappa shape index (κ1) is 25.4. The molecule has 2 fully saturated rings. The van der Waals surface area contributed by atoms with Gasteiger partial charge in [-0.3, -0.25) is 9.59 Å². The maximum atomic E-state index is 13.4. The van der Waals surface area contributed by atoms with Crippen LogP contribution >= 0.6 is 11.3 Å². The maximum absolute atomic E-state index is 13.4. The summed E-state index contributed by atoms with van der Waals surface area (Å²) in [7, 11) is 1.41. The smallest absolute Gasteiger partial charge is 0.386 e. The van der Waals surface area contributed by atoms with Crippen molar-refractivity contribution in [1.29, 1.82) is 0 Å². The number of rotatable bonds is 8. The van der Waals surface area contributed by atoms with E-state index in [0.717, 1.165) is 34.0 Å². The molecule has 5 rings (SSSR count). The number of hydrogen-bond acceptors (Lipinski definition) is 7. The summed E-state index contributed by atoms with van der Waals surface area (Å²) in [6.07, 6.45) is -2.03. The lowest BCUT2D eigenvalue weighted by Gasteiger charge is -2.18. The molecule has 0 radical (unpaired) electrons. The number of amides is 2. The quantitative estimate of drug-likeness (QED) is 0.387. The van der Waals surface area contributed by atoms with Gasteiger partial charge in [-0.2, -0.15) is 4.99 Å². The number of nitrogens with zero attached hydrogens (tertiary/aromatic N) is 4. The molecule has 3 aliphatic carbocycles. The van der Waals surface area contributed by atoms with Gasteiger partial charge in [0.1, 0.15) is 11.2 Å². The summed E-state index contributed by atoms with van der Waals surface area (Å²) >= 11 is 1.33. The van der Waals surface area contributed by atoms with Gasteiger partial charge in [0, 0.05) is 24.5 Å². The van der Waals surface area contributed by atoms with E-state index in [1.54, 1.807) is 0 Å². The molecule has 0 saturated heterocycles. The van der Waals surface area contributed by atoms with E-state index in [1.807, 2.05) is 0 Å². The van der Waals surface area contributed by atoms with Crippen LogP contribution in [0.2, 0.25) is 0 Å². The summed E-state index contributed by atoms with van der Waals surface area (Å²) in [6, 6.07) is 3.27. The van der Waals surface area contributed by atoms with Crippen LogP contribution < -0.4 is 15.4 Å². The van der Waals surface area contributed by atoms with Crippen molar-refractivity contribution in [2.75, 3.05) is 11.9 Å². The van der Waals surface area contributed by atoms with Crippen molar-refractivity contribution < 1.29 is 31.9 Å². The van der Waals surface area contributed by atoms with E-state index in [4.69, 9.17) is 0 Å². The number of nitrogens with one attached hydrogen (secondary N) is 2. The highest BCUT2D eigenvalue weighted by molar-refractivity contribution is 7.17. The zero-order chi connectivity index (χ0) is 26.3. The number of aromatic nitrogens is 2. The van der Waals surface area contributed by atoms with Gasteiger partial charge in [-0.25, -0.2) is 14.1 Å². The highest BCUT2D eigenvalue weighted by atomic mass is 32.1. The first-order chi connectivity index (χ1) is 17.6. The van der Waals surface area contributed by atoms with Gasteiger partial charge in [0.05, 0.1) is 23.5 Å². The number of fused-ring (bicyclic) bond motifs is 1. The number of hydrogen-bond donors (Lipinski definition) is 2. The molecule has 2 aromatic heterocycles. The first-order valence-electron chi connectivity index (χ1n) is 11.9. The van der Waals surface area contributed by atoms with Gasteiger partial charge in [0.15, 0.2) is 5.82 Å². The molecule has 0 bridgehead atoms. The molecule has 2 N–H and O–H groups in total. The van der Waals surface area contributed by atoms with Crippen LogP contribution in [0.3, 0.4) is 0 Å². The SMILES string of the molecule is Cn1nc(OC(F)(F)F)cc1N=C=N[C@H]1CCc2sc(NC(=O)[C@H]3C[C@H]3F)c(C(=O)NCC3CC3)c2C1. The minimum absolute atomic E-state index is 0.0754. The van der Waals surface area contributed by atoms with Crippen LogP contribution in [-0.2, 0) is 24.7 Å². The number of aryl methyl sites for hydroxylation is 2. The second-order valence-corrected chi connectivity index (χ2v) is 10.6. The zero-order valence-electron chi connectivity index (χ0n) is 19.8. The molecule has 0 aliphatic heterocycles. The minimum Gasteiger partial charge on any atom is -0.386 e. The molecular weight excluding hydrogens is 516 g/mol. The number of anilines is 1. The Morgan fingerprint density at radius 1 is 1.32 bits per heavy atom. The van der Waals surface area contributed by atoms with Gasteiger partial charge in [-0.05, 0) is 50.0 Å². The minimum atomic E-state index is -4.86. The molecule has 2 heterocycles. The number of alkyl halides is 4. The molecule has 2 aromatic rings. The second kappa shape index (κ2) is 9.90. The van der Waals surface area contributed by atoms with Gasteiger partial charge in [-0.15, -0.1) is 29.6 Å². The molecule has 3 atom stereocenters. The van der Waals surface area contributed by atoms with Gasteiger partial charge >= 0.3 is 6.36 Å². The number of carbonyl (C=O) groups excluding carboxylic acids is 2. The molecule has 0 unspecified atom stereocenters. The van der Waals surface area contributed by atoms with Crippen molar-refractivity contribution in [2.24, 2.45) is 28.9 Å². The van der Waals surface area contributed by atoms with Crippen LogP contribution in [0.4, 0.5) is 28.4 Å². The largest absolute Gasteiger partial charge is 0.574 e. The number of aliphatic imine (C=N–C) groups is 2. The Morgan fingerprint density at radius 2 is 2.08 bits per heavy atom. The van der Waals surface area contributed by atoms with Crippen LogP contribution in [-0.4, -0.2) is 52.7 Å². The number of halogens is 4. The Hall–Kier alpha value is -3.25. The second-order valence-electron chi connectivity index (χ2n) is 9.46. The third-order valence-electron chi connectivity index (χ3n) is 6.45. The van der Waals surface area contributed by atoms with E-state index >= 15 is 0 Å². The highest BCUT2D eigenvalue weighted by Crippen LogP contribution is 2.41. The Balaban J connectivity index is 1.33. The van der Waals surface area contributed by atoms with Crippen molar-refractivity contribution in [3.8, 4) is 5.88 Å². The van der Waals surface area contributed by atoms with E-state index in [2.05, 4.69) is 36.5 Å². The molecule has 2 saturated carbocycles. The van der Waals surface area contributed by atoms with Gasteiger partial charge in [0.25, 0.3) is 5.91 Å². The highest BCUT2D eigenvalue weighted by Gasteiger charge is 2.44. The standard InChI is InChI=1S/C23H24F4N6O3S/c1-33-17(8-18(32-33)36-23(25,26)27)30-10-29-12-4-5-16-14(6-12)19(21(35)28-9-11-2-3-11)22(37-16)31-20(34)13-7-15(13)24/h8,11-13,15H,2-7,9H2,1H3,(H,28,35)(H,31,34)/t12-,13-,15+/m0/s1. The third-order valence-corrected chi connectivity index (χ3v) is 7.66. The number of thiophene rings is 1. The molecule has 3 aliphatic rings. The van der Waals surface area contributed by atoms with Crippen LogP contribution in [0.5, 0.6) is 5.88 Å². The molecular formula is C23H24F4N6O3S. The Morgan fingerprint density at radius 3 is 2.76 bits per heavy atom. The molecule has 9 nitrogen and oxygen atoms in total. The van der Waals surface area contributed by atoms with E-state index in [-0.39, 0.29) is 24.2 Å². The van der Waals surface area contributed by atoms with Crippen molar-refractivity contribution in [3.63, 3.8) is 0 Å². The average molecular weight is 541 g/mol. The predicted octanol–water partition coefficient (Wildman–Crippen LogP) is 4.18. The fourth-order valence-corrected chi connectivity index (χ4v) is 5.40. The summed E-state index contributed by atoms with van der Waals surface area (Å²) in [5, 5.41) is 9.73. The maximum Gasteiger partial charge on any atom is 0.574 e. The van der Waals surface area contributed by atoms with E-state index < -0.39 is 30.2 Å². The van der Waals surface area contributed by atoms with Crippen molar-refractivity contribution in [2.45, 2.75) is 57.1 Å². The van der Waals surface area contributed by atoms with Crippen LogP contribution in [0.25, 0.3) is 0 Å². The van der Waals surface area contributed by atoms with Crippen LogP contribution in [0, 0.1) is 11.8 Å². The van der Waals surface area contributed by atoms with Crippen molar-refractivity contribution in [1.82, 2.24) is 15.1 Å². The predicted molar refractivity (Wildman–Crippen MR) is 126 cm³/mol. The molecule has 37 heavy (non-hydrogen) atoms. The summed E-state index contributed by atoms with van der Waals surface area (Å²) in [6.45, 7) is 0.561. The van der Waals surface area contributed by atoms with Crippen molar-refractivity contribution >= 4 is 40.0 Å². The average Bonchev–Trinajstić information content (AvgIpc) is 3.72. The zero-order valence-corrected chi connectivity index (χ0v) is 20.6. The Kier molecular flexibility index (Phi) is 6.80. The van der Waals surface area contributed by atoms with E-state index in [1.165, 1.54) is 18.4 Å². The van der Waals surface area contributed by atoms with Gasteiger partial charge in [-0.1, -0.05) is 0 Å². The van der Waals surface area contributed by atoms with Gasteiger partial charge < -0.3 is 15.4 Å². The summed E-state index contributed by atoms with van der Waals surface area (Å²) in [4.78, 5) is 34.8. The Bertz CT molecular complexity index is 1280. The van der Waals surface area contributed by atoms with E-state index in [0.29, 0.717) is 42.3 Å². The fourth-order valence-electron chi connectivity index (χ4n) is 4.16. The molecule has 0 aromatic carbocycles. The normalized spacial score (nSPS) is 22.5. The third kappa shape index (κ3) is 6.19. The molecule has 14 heteroatoms. The van der Waals surface area contributed by atoms with E-state index in [9.17, 15) is 27.2 Å². The van der Waals surface area contributed by atoms with Gasteiger partial charge in [0.2, 0.25) is 11.8 Å². The topological polar surface area (TPSA) is 110 Å². The lowest BCUT2D eigenvalue weighted by molar-refractivity contribution is -0.276. The Labute approximate surface area is 213 Å². The molecule has 0 spiro atoms. The molecule has 198 valence electrons. The summed E-state index contributed by atoms with van der Waals surface area (Å²) in [5.74, 6) is -1.47. The van der Waals surface area contributed by atoms with Crippen LogP contribution in [0.15, 0.2) is 16.1 Å². The monoisotopic (exact) mass is 540 g/mol. The fraction of sp³-hybridized carbons (Fsp3) is 0.565. The number of ether oxygens (including phenoxy) is 1. The molecule has 2 amide bonds. The lowest BCUT2D eigenvalue weighted by atomic mass is 9.91.